The molecule has 0 heterocycles. The van der Waals surface area contributed by atoms with Gasteiger partial charge in [-0.3, -0.25) is 4.79 Å². The molecule has 0 aliphatic rings. The molecule has 0 aromatic heterocycles. The van der Waals surface area contributed by atoms with Crippen LogP contribution >= 0.6 is 0 Å². The number of benzene rings is 1. The van der Waals surface area contributed by atoms with E-state index in [4.69, 9.17) is 4.74 Å². The second-order valence-corrected chi connectivity index (χ2v) is 3.34. The SMILES string of the molecule is CCOc1ccc(C(NC)C(=O)NC)cc1. The molecule has 16 heavy (non-hydrogen) atoms. The summed E-state index contributed by atoms with van der Waals surface area (Å²) in [5.41, 5.74) is 0.922. The third-order valence-corrected chi connectivity index (χ3v) is 2.32. The lowest BCUT2D eigenvalue weighted by molar-refractivity contribution is -0.122. The summed E-state index contributed by atoms with van der Waals surface area (Å²) in [4.78, 5) is 11.5. The summed E-state index contributed by atoms with van der Waals surface area (Å²) in [6, 6.07) is 7.20. The van der Waals surface area contributed by atoms with Gasteiger partial charge in [0, 0.05) is 7.05 Å². The fraction of sp³-hybridized carbons (Fsp3) is 0.417. The first kappa shape index (κ1) is 12.5. The molecule has 0 aliphatic carbocycles. The summed E-state index contributed by atoms with van der Waals surface area (Å²) in [6.45, 7) is 2.58. The average molecular weight is 222 g/mol. The molecule has 1 rings (SSSR count). The zero-order valence-electron chi connectivity index (χ0n) is 9.91. The molecular formula is C12H18N2O2. The monoisotopic (exact) mass is 222 g/mol. The fourth-order valence-corrected chi connectivity index (χ4v) is 1.52. The van der Waals surface area contributed by atoms with Gasteiger partial charge in [0.1, 0.15) is 11.8 Å². The Balaban J connectivity index is 2.82. The number of hydrogen-bond donors (Lipinski definition) is 2. The van der Waals surface area contributed by atoms with Gasteiger partial charge in [0.05, 0.1) is 6.61 Å². The lowest BCUT2D eigenvalue weighted by atomic mass is 10.1. The van der Waals surface area contributed by atoms with E-state index in [1.165, 1.54) is 0 Å². The minimum absolute atomic E-state index is 0.0494. The second kappa shape index (κ2) is 6.12. The van der Waals surface area contributed by atoms with Crippen LogP contribution in [0, 0.1) is 0 Å². The first-order valence-electron chi connectivity index (χ1n) is 5.34. The number of hydrogen-bond acceptors (Lipinski definition) is 3. The van der Waals surface area contributed by atoms with Crippen LogP contribution in [0.4, 0.5) is 0 Å². The molecule has 0 radical (unpaired) electrons. The van der Waals surface area contributed by atoms with Crippen LogP contribution < -0.4 is 15.4 Å². The van der Waals surface area contributed by atoms with Crippen molar-refractivity contribution in [3.63, 3.8) is 0 Å². The van der Waals surface area contributed by atoms with Crippen molar-refractivity contribution in [2.45, 2.75) is 13.0 Å². The van der Waals surface area contributed by atoms with Crippen LogP contribution in [0.3, 0.4) is 0 Å². The van der Waals surface area contributed by atoms with Gasteiger partial charge in [-0.25, -0.2) is 0 Å². The molecule has 0 saturated carbocycles. The van der Waals surface area contributed by atoms with Crippen LogP contribution in [0.15, 0.2) is 24.3 Å². The van der Waals surface area contributed by atoms with Crippen LogP contribution in [0.5, 0.6) is 5.75 Å². The van der Waals surface area contributed by atoms with E-state index in [1.807, 2.05) is 31.2 Å². The molecule has 1 unspecified atom stereocenters. The first-order chi connectivity index (χ1) is 7.72. The lowest BCUT2D eigenvalue weighted by Gasteiger charge is -2.15. The molecule has 4 nitrogen and oxygen atoms in total. The van der Waals surface area contributed by atoms with Gasteiger partial charge < -0.3 is 15.4 Å². The number of likely N-dealkylation sites (N-methyl/N-ethyl adjacent to an activating group) is 2. The fourth-order valence-electron chi connectivity index (χ4n) is 1.52. The van der Waals surface area contributed by atoms with Gasteiger partial charge in [0.25, 0.3) is 0 Å². The van der Waals surface area contributed by atoms with Crippen LogP contribution in [0.1, 0.15) is 18.5 Å². The molecule has 1 aromatic carbocycles. The van der Waals surface area contributed by atoms with Crippen molar-refractivity contribution in [1.82, 2.24) is 10.6 Å². The van der Waals surface area contributed by atoms with E-state index in [9.17, 15) is 4.79 Å². The standard InChI is InChI=1S/C12H18N2O2/c1-4-16-10-7-5-9(6-8-10)11(13-2)12(15)14-3/h5-8,11,13H,4H2,1-3H3,(H,14,15). The highest BCUT2D eigenvalue weighted by molar-refractivity contribution is 5.82. The van der Waals surface area contributed by atoms with E-state index in [1.54, 1.807) is 14.1 Å². The van der Waals surface area contributed by atoms with Gasteiger partial charge in [-0.05, 0) is 31.7 Å². The lowest BCUT2D eigenvalue weighted by Crippen LogP contribution is -2.33. The highest BCUT2D eigenvalue weighted by atomic mass is 16.5. The van der Waals surface area contributed by atoms with Crippen molar-refractivity contribution in [2.75, 3.05) is 20.7 Å². The number of carbonyl (C=O) groups is 1. The third-order valence-electron chi connectivity index (χ3n) is 2.32. The summed E-state index contributed by atoms with van der Waals surface area (Å²) in [6.07, 6.45) is 0. The van der Waals surface area contributed by atoms with E-state index >= 15 is 0 Å². The van der Waals surface area contributed by atoms with Crippen molar-refractivity contribution in [1.29, 1.82) is 0 Å². The van der Waals surface area contributed by atoms with E-state index in [0.717, 1.165) is 11.3 Å². The van der Waals surface area contributed by atoms with Crippen LogP contribution in [0.2, 0.25) is 0 Å². The van der Waals surface area contributed by atoms with Crippen molar-refractivity contribution in [2.24, 2.45) is 0 Å². The van der Waals surface area contributed by atoms with E-state index in [0.29, 0.717) is 6.61 Å². The van der Waals surface area contributed by atoms with Crippen molar-refractivity contribution in [3.05, 3.63) is 29.8 Å². The predicted octanol–water partition coefficient (Wildman–Crippen LogP) is 1.09. The molecule has 0 saturated heterocycles. The van der Waals surface area contributed by atoms with Gasteiger partial charge in [-0.15, -0.1) is 0 Å². The van der Waals surface area contributed by atoms with Crippen molar-refractivity contribution >= 4 is 5.91 Å². The number of ether oxygens (including phenoxy) is 1. The van der Waals surface area contributed by atoms with Crippen molar-refractivity contribution < 1.29 is 9.53 Å². The summed E-state index contributed by atoms with van der Waals surface area (Å²) in [7, 11) is 3.39. The second-order valence-electron chi connectivity index (χ2n) is 3.34. The Morgan fingerprint density at radius 3 is 2.38 bits per heavy atom. The molecule has 4 heteroatoms. The molecule has 0 bridgehead atoms. The zero-order valence-corrected chi connectivity index (χ0v) is 9.91. The Morgan fingerprint density at radius 2 is 1.94 bits per heavy atom. The minimum Gasteiger partial charge on any atom is -0.494 e. The molecule has 1 atom stereocenters. The topological polar surface area (TPSA) is 50.4 Å². The van der Waals surface area contributed by atoms with E-state index < -0.39 is 0 Å². The summed E-state index contributed by atoms with van der Waals surface area (Å²) >= 11 is 0. The average Bonchev–Trinajstić information content (AvgIpc) is 2.32. The van der Waals surface area contributed by atoms with Gasteiger partial charge in [-0.1, -0.05) is 12.1 Å². The Morgan fingerprint density at radius 1 is 1.31 bits per heavy atom. The maximum Gasteiger partial charge on any atom is 0.241 e. The maximum absolute atomic E-state index is 11.5. The normalized spacial score (nSPS) is 11.9. The Hall–Kier alpha value is -1.55. The number of rotatable bonds is 5. The highest BCUT2D eigenvalue weighted by Crippen LogP contribution is 2.17. The molecular weight excluding hydrogens is 204 g/mol. The molecule has 0 spiro atoms. The molecule has 2 N–H and O–H groups in total. The van der Waals surface area contributed by atoms with Crippen LogP contribution in [-0.2, 0) is 4.79 Å². The Bertz CT molecular complexity index is 335. The summed E-state index contributed by atoms with van der Waals surface area (Å²) < 4.78 is 5.34. The van der Waals surface area contributed by atoms with Crippen LogP contribution in [0.25, 0.3) is 0 Å². The van der Waals surface area contributed by atoms with Crippen molar-refractivity contribution in [3.8, 4) is 5.75 Å². The molecule has 88 valence electrons. The smallest absolute Gasteiger partial charge is 0.241 e. The summed E-state index contributed by atoms with van der Waals surface area (Å²) in [5, 5.41) is 5.59. The predicted molar refractivity (Wildman–Crippen MR) is 63.5 cm³/mol. The van der Waals surface area contributed by atoms with Gasteiger partial charge in [0.2, 0.25) is 5.91 Å². The number of carbonyl (C=O) groups excluding carboxylic acids is 1. The third kappa shape index (κ3) is 2.97. The Labute approximate surface area is 96.0 Å². The molecule has 0 fully saturated rings. The van der Waals surface area contributed by atoms with E-state index in [2.05, 4.69) is 10.6 Å². The maximum atomic E-state index is 11.5. The Kier molecular flexibility index (Phi) is 4.79. The van der Waals surface area contributed by atoms with Gasteiger partial charge in [0.15, 0.2) is 0 Å². The molecule has 1 aromatic rings. The highest BCUT2D eigenvalue weighted by Gasteiger charge is 2.16. The largest absolute Gasteiger partial charge is 0.494 e. The summed E-state index contributed by atoms with van der Waals surface area (Å²) in [5.74, 6) is 0.768. The van der Waals surface area contributed by atoms with Crippen LogP contribution in [-0.4, -0.2) is 26.6 Å². The first-order valence-corrected chi connectivity index (χ1v) is 5.34. The van der Waals surface area contributed by atoms with Gasteiger partial charge >= 0.3 is 0 Å². The zero-order chi connectivity index (χ0) is 12.0. The molecule has 0 aliphatic heterocycles. The number of amides is 1. The quantitative estimate of drug-likeness (QED) is 0.784. The van der Waals surface area contributed by atoms with E-state index in [-0.39, 0.29) is 11.9 Å². The molecule has 1 amide bonds. The number of nitrogens with one attached hydrogen (secondary N) is 2. The van der Waals surface area contributed by atoms with Gasteiger partial charge in [-0.2, -0.15) is 0 Å². The minimum atomic E-state index is -0.319.